The molecule has 2 aromatic carbocycles. The Morgan fingerprint density at radius 2 is 1.61 bits per heavy atom. The molecule has 3 rings (SSSR count). The molecule has 0 fully saturated rings. The highest BCUT2D eigenvalue weighted by molar-refractivity contribution is 5.98. The average Bonchev–Trinajstić information content (AvgIpc) is 2.73. The van der Waals surface area contributed by atoms with Crippen LogP contribution < -0.4 is 16.0 Å². The molecule has 31 heavy (non-hydrogen) atoms. The van der Waals surface area contributed by atoms with Crippen molar-refractivity contribution in [2.24, 2.45) is 10.4 Å². The fourth-order valence-electron chi connectivity index (χ4n) is 3.59. The summed E-state index contributed by atoms with van der Waals surface area (Å²) >= 11 is 0. The van der Waals surface area contributed by atoms with Gasteiger partial charge in [0.25, 0.3) is 0 Å². The maximum atomic E-state index is 11.6. The Bertz CT molecular complexity index is 918. The first-order chi connectivity index (χ1) is 14.9. The van der Waals surface area contributed by atoms with Crippen LogP contribution >= 0.6 is 0 Å². The van der Waals surface area contributed by atoms with Crippen molar-refractivity contribution in [3.8, 4) is 0 Å². The SMILES string of the molecule is CCOC(=O)CN=C1C=C(Nc2ccc(NCNc3ccccc3)cc2)CC(C)(C)C1. The van der Waals surface area contributed by atoms with Crippen molar-refractivity contribution in [2.45, 2.75) is 33.6 Å². The maximum Gasteiger partial charge on any atom is 0.327 e. The first-order valence-corrected chi connectivity index (χ1v) is 10.7. The Morgan fingerprint density at radius 1 is 0.968 bits per heavy atom. The molecule has 1 aliphatic rings. The summed E-state index contributed by atoms with van der Waals surface area (Å²) in [7, 11) is 0. The summed E-state index contributed by atoms with van der Waals surface area (Å²) in [5.41, 5.74) is 5.26. The molecule has 0 spiro atoms. The summed E-state index contributed by atoms with van der Waals surface area (Å²) in [5.74, 6) is -0.286. The van der Waals surface area contributed by atoms with E-state index in [1.165, 1.54) is 0 Å². The Kier molecular flexibility index (Phi) is 7.70. The summed E-state index contributed by atoms with van der Waals surface area (Å²) in [5, 5.41) is 10.2. The smallest absolute Gasteiger partial charge is 0.327 e. The number of aliphatic imine (C=N–C) groups is 1. The molecule has 6 heteroatoms. The zero-order chi connectivity index (χ0) is 22.1. The molecule has 0 amide bonds. The average molecular weight is 421 g/mol. The second-order valence-corrected chi connectivity index (χ2v) is 8.40. The van der Waals surface area contributed by atoms with Gasteiger partial charge in [0.15, 0.2) is 0 Å². The Hall–Kier alpha value is -3.28. The molecular formula is C25H32N4O2. The topological polar surface area (TPSA) is 74.8 Å². The lowest BCUT2D eigenvalue weighted by atomic mass is 9.78. The minimum Gasteiger partial charge on any atom is -0.465 e. The number of carbonyl (C=O) groups is 1. The molecule has 0 aliphatic heterocycles. The predicted molar refractivity (Wildman–Crippen MR) is 129 cm³/mol. The van der Waals surface area contributed by atoms with Crippen LogP contribution in [0, 0.1) is 5.41 Å². The number of carbonyl (C=O) groups excluding carboxylic acids is 1. The van der Waals surface area contributed by atoms with Crippen LogP contribution in [-0.2, 0) is 9.53 Å². The molecule has 0 aromatic heterocycles. The molecule has 3 N–H and O–H groups in total. The molecule has 0 saturated heterocycles. The second kappa shape index (κ2) is 10.7. The number of hydrogen-bond donors (Lipinski definition) is 3. The van der Waals surface area contributed by atoms with Gasteiger partial charge in [-0.05, 0) is 67.7 Å². The van der Waals surface area contributed by atoms with Gasteiger partial charge in [-0.15, -0.1) is 0 Å². The van der Waals surface area contributed by atoms with E-state index in [0.29, 0.717) is 13.3 Å². The van der Waals surface area contributed by atoms with Gasteiger partial charge < -0.3 is 20.7 Å². The molecule has 0 unspecified atom stereocenters. The van der Waals surface area contributed by atoms with Crippen molar-refractivity contribution in [3.05, 3.63) is 66.4 Å². The zero-order valence-corrected chi connectivity index (χ0v) is 18.6. The minimum atomic E-state index is -0.286. The zero-order valence-electron chi connectivity index (χ0n) is 18.6. The highest BCUT2D eigenvalue weighted by atomic mass is 16.5. The number of hydrogen-bond acceptors (Lipinski definition) is 6. The number of rotatable bonds is 9. The molecule has 0 saturated carbocycles. The molecule has 164 valence electrons. The van der Waals surface area contributed by atoms with E-state index in [4.69, 9.17) is 4.74 Å². The molecule has 0 bridgehead atoms. The minimum absolute atomic E-state index is 0.0699. The molecule has 0 radical (unpaired) electrons. The summed E-state index contributed by atoms with van der Waals surface area (Å²) < 4.78 is 4.98. The van der Waals surface area contributed by atoms with Gasteiger partial charge in [-0.2, -0.15) is 0 Å². The van der Waals surface area contributed by atoms with E-state index in [-0.39, 0.29) is 17.9 Å². The van der Waals surface area contributed by atoms with E-state index < -0.39 is 0 Å². The van der Waals surface area contributed by atoms with Crippen LogP contribution in [0.5, 0.6) is 0 Å². The molecule has 6 nitrogen and oxygen atoms in total. The van der Waals surface area contributed by atoms with Gasteiger partial charge in [0, 0.05) is 28.5 Å². The fourth-order valence-corrected chi connectivity index (χ4v) is 3.59. The fraction of sp³-hybridized carbons (Fsp3) is 0.360. The summed E-state index contributed by atoms with van der Waals surface area (Å²) in [6.07, 6.45) is 3.82. The second-order valence-electron chi connectivity index (χ2n) is 8.40. The maximum absolute atomic E-state index is 11.6. The van der Waals surface area contributed by atoms with E-state index in [9.17, 15) is 4.79 Å². The molecule has 0 heterocycles. The van der Waals surface area contributed by atoms with Crippen molar-refractivity contribution in [2.75, 3.05) is 35.8 Å². The molecule has 2 aromatic rings. The quantitative estimate of drug-likeness (QED) is 0.380. The van der Waals surface area contributed by atoms with Crippen molar-refractivity contribution in [1.82, 2.24) is 0 Å². The highest BCUT2D eigenvalue weighted by Crippen LogP contribution is 2.34. The van der Waals surface area contributed by atoms with E-state index in [2.05, 4.69) is 65.1 Å². The Morgan fingerprint density at radius 3 is 2.29 bits per heavy atom. The van der Waals surface area contributed by atoms with E-state index in [0.717, 1.165) is 41.3 Å². The number of esters is 1. The molecule has 1 aliphatic carbocycles. The van der Waals surface area contributed by atoms with Crippen LogP contribution in [-0.4, -0.2) is 31.5 Å². The van der Waals surface area contributed by atoms with Crippen LogP contribution in [0.4, 0.5) is 17.1 Å². The third-order valence-electron chi connectivity index (χ3n) is 4.93. The van der Waals surface area contributed by atoms with E-state index in [1.807, 2.05) is 30.3 Å². The van der Waals surface area contributed by atoms with Crippen LogP contribution in [0.3, 0.4) is 0 Å². The van der Waals surface area contributed by atoms with Crippen molar-refractivity contribution >= 4 is 28.7 Å². The van der Waals surface area contributed by atoms with Gasteiger partial charge in [0.1, 0.15) is 6.54 Å². The Balaban J connectivity index is 1.57. The lowest BCUT2D eigenvalue weighted by molar-refractivity contribution is -0.141. The predicted octanol–water partition coefficient (Wildman–Crippen LogP) is 5.29. The number of allylic oxidation sites excluding steroid dienone is 2. The van der Waals surface area contributed by atoms with Crippen molar-refractivity contribution < 1.29 is 9.53 Å². The first kappa shape index (κ1) is 22.4. The van der Waals surface area contributed by atoms with Gasteiger partial charge in [0.05, 0.1) is 13.3 Å². The first-order valence-electron chi connectivity index (χ1n) is 10.7. The van der Waals surface area contributed by atoms with Crippen LogP contribution in [0.2, 0.25) is 0 Å². The molecule has 0 atom stereocenters. The summed E-state index contributed by atoms with van der Waals surface area (Å²) in [6.45, 7) is 7.34. The number of nitrogens with one attached hydrogen (secondary N) is 3. The summed E-state index contributed by atoms with van der Waals surface area (Å²) in [6, 6.07) is 18.3. The molecular weight excluding hydrogens is 388 g/mol. The lowest BCUT2D eigenvalue weighted by Gasteiger charge is -2.31. The third kappa shape index (κ3) is 7.48. The number of para-hydroxylation sites is 1. The van der Waals surface area contributed by atoms with Gasteiger partial charge in [-0.1, -0.05) is 32.0 Å². The monoisotopic (exact) mass is 420 g/mol. The van der Waals surface area contributed by atoms with Crippen molar-refractivity contribution in [1.29, 1.82) is 0 Å². The number of benzene rings is 2. The van der Waals surface area contributed by atoms with E-state index >= 15 is 0 Å². The largest absolute Gasteiger partial charge is 0.465 e. The number of nitrogens with zero attached hydrogens (tertiary/aromatic N) is 1. The van der Waals surface area contributed by atoms with Crippen molar-refractivity contribution in [3.63, 3.8) is 0 Å². The highest BCUT2D eigenvalue weighted by Gasteiger charge is 2.26. The lowest BCUT2D eigenvalue weighted by Crippen LogP contribution is -2.25. The third-order valence-corrected chi connectivity index (χ3v) is 4.93. The number of ether oxygens (including phenoxy) is 1. The van der Waals surface area contributed by atoms with Crippen LogP contribution in [0.15, 0.2) is 71.4 Å². The Labute approximate surface area is 184 Å². The number of anilines is 3. The van der Waals surface area contributed by atoms with Crippen LogP contribution in [0.1, 0.15) is 33.6 Å². The van der Waals surface area contributed by atoms with Gasteiger partial charge >= 0.3 is 5.97 Å². The standard InChI is InChI=1S/C25H32N4O2/c1-4-31-24(30)17-26-22-14-23(16-25(2,3)15-22)29-21-12-10-20(11-13-21)28-18-27-19-8-6-5-7-9-19/h5-14,27-29H,4,15-18H2,1-3H3. The summed E-state index contributed by atoms with van der Waals surface area (Å²) in [4.78, 5) is 16.1. The van der Waals surface area contributed by atoms with E-state index in [1.54, 1.807) is 6.92 Å². The van der Waals surface area contributed by atoms with Gasteiger partial charge in [-0.25, -0.2) is 0 Å². The van der Waals surface area contributed by atoms with Gasteiger partial charge in [-0.3, -0.25) is 9.79 Å². The normalized spacial score (nSPS) is 16.4. The van der Waals surface area contributed by atoms with Gasteiger partial charge in [0.2, 0.25) is 0 Å². The van der Waals surface area contributed by atoms with Crippen LogP contribution in [0.25, 0.3) is 0 Å².